The van der Waals surface area contributed by atoms with Crippen LogP contribution in [-0.2, 0) is 0 Å². The van der Waals surface area contributed by atoms with E-state index in [-0.39, 0.29) is 0 Å². The van der Waals surface area contributed by atoms with Crippen LogP contribution in [0.3, 0.4) is 0 Å². The first-order chi connectivity index (χ1) is 5.55. The molecule has 0 aromatic carbocycles. The van der Waals surface area contributed by atoms with Gasteiger partial charge in [0.2, 0.25) is 0 Å². The van der Waals surface area contributed by atoms with Gasteiger partial charge in [0.25, 0.3) is 0 Å². The number of halogens is 1. The average molecular weight is 229 g/mol. The second-order valence-electron chi connectivity index (χ2n) is 4.46. The van der Waals surface area contributed by atoms with Crippen LogP contribution in [-0.4, -0.2) is 4.83 Å². The Morgan fingerprint density at radius 3 is 2.83 bits per heavy atom. The lowest BCUT2D eigenvalue weighted by Gasteiger charge is -2.36. The summed E-state index contributed by atoms with van der Waals surface area (Å²) in [7, 11) is 0. The molecule has 1 fully saturated rings. The fraction of sp³-hybridized carbons (Fsp3) is 0.727. The van der Waals surface area contributed by atoms with E-state index in [1.165, 1.54) is 19.3 Å². The summed E-state index contributed by atoms with van der Waals surface area (Å²) in [5.41, 5.74) is 3.40. The van der Waals surface area contributed by atoms with Crippen molar-refractivity contribution in [3.63, 3.8) is 0 Å². The molecule has 1 aliphatic rings. The smallest absolute Gasteiger partial charge is 0.0215 e. The Kier molecular flexibility index (Phi) is 3.20. The lowest BCUT2D eigenvalue weighted by Crippen LogP contribution is -2.28. The molecule has 2 unspecified atom stereocenters. The molecule has 0 heterocycles. The molecule has 68 valence electrons. The van der Waals surface area contributed by atoms with Gasteiger partial charge in [-0.3, -0.25) is 0 Å². The number of rotatable bonds is 1. The van der Waals surface area contributed by atoms with Crippen LogP contribution in [0, 0.1) is 11.3 Å². The molecule has 0 bridgehead atoms. The molecule has 0 spiro atoms. The predicted molar refractivity (Wildman–Crippen MR) is 57.5 cm³/mol. The fourth-order valence-corrected chi connectivity index (χ4v) is 2.49. The molecule has 0 N–H and O–H groups in total. The topological polar surface area (TPSA) is 0 Å². The van der Waals surface area contributed by atoms with Crippen LogP contribution in [0.5, 0.6) is 0 Å². The van der Waals surface area contributed by atoms with Gasteiger partial charge in [-0.15, -0.1) is 5.73 Å². The van der Waals surface area contributed by atoms with E-state index in [1.807, 2.05) is 0 Å². The Morgan fingerprint density at radius 1 is 1.58 bits per heavy atom. The molecule has 1 heteroatoms. The van der Waals surface area contributed by atoms with Gasteiger partial charge in [0, 0.05) is 4.83 Å². The SMILES string of the molecule is C=C=CC1CC(C)(C)CCC1Br. The minimum absolute atomic E-state index is 0.502. The molecule has 2 atom stereocenters. The molecule has 0 amide bonds. The highest BCUT2D eigenvalue weighted by Crippen LogP contribution is 2.41. The normalized spacial score (nSPS) is 33.9. The van der Waals surface area contributed by atoms with E-state index in [4.69, 9.17) is 0 Å². The minimum atomic E-state index is 0.502. The molecule has 0 aliphatic heterocycles. The van der Waals surface area contributed by atoms with Crippen molar-refractivity contribution in [2.75, 3.05) is 0 Å². The van der Waals surface area contributed by atoms with Crippen molar-refractivity contribution in [3.05, 3.63) is 18.4 Å². The quantitative estimate of drug-likeness (QED) is 0.472. The Hall–Kier alpha value is 0. The maximum Gasteiger partial charge on any atom is 0.0215 e. The first-order valence-electron chi connectivity index (χ1n) is 4.55. The van der Waals surface area contributed by atoms with Gasteiger partial charge in [-0.05, 0) is 36.7 Å². The summed E-state index contributed by atoms with van der Waals surface area (Å²) < 4.78 is 0. The highest BCUT2D eigenvalue weighted by molar-refractivity contribution is 9.09. The first-order valence-corrected chi connectivity index (χ1v) is 5.47. The lowest BCUT2D eigenvalue weighted by atomic mass is 9.72. The third-order valence-electron chi connectivity index (χ3n) is 2.68. The van der Waals surface area contributed by atoms with E-state index in [0.717, 1.165) is 0 Å². The van der Waals surface area contributed by atoms with Gasteiger partial charge in [0.1, 0.15) is 0 Å². The Morgan fingerprint density at radius 2 is 2.25 bits per heavy atom. The van der Waals surface area contributed by atoms with Gasteiger partial charge >= 0.3 is 0 Å². The highest BCUT2D eigenvalue weighted by atomic mass is 79.9. The predicted octanol–water partition coefficient (Wildman–Crippen LogP) is 3.92. The van der Waals surface area contributed by atoms with E-state index in [0.29, 0.717) is 16.2 Å². The number of alkyl halides is 1. The fourth-order valence-electron chi connectivity index (χ4n) is 1.93. The maximum absolute atomic E-state index is 3.71. The van der Waals surface area contributed by atoms with Crippen LogP contribution in [0.15, 0.2) is 18.4 Å². The number of hydrogen-bond donors (Lipinski definition) is 0. The molecule has 0 aromatic heterocycles. The van der Waals surface area contributed by atoms with E-state index >= 15 is 0 Å². The average Bonchev–Trinajstić information content (AvgIpc) is 1.97. The summed E-state index contributed by atoms with van der Waals surface area (Å²) in [4.78, 5) is 0.639. The third-order valence-corrected chi connectivity index (χ3v) is 3.82. The van der Waals surface area contributed by atoms with E-state index in [1.54, 1.807) is 0 Å². The van der Waals surface area contributed by atoms with Crippen LogP contribution in [0.4, 0.5) is 0 Å². The molecule has 1 aliphatic carbocycles. The molecule has 1 saturated carbocycles. The van der Waals surface area contributed by atoms with Gasteiger partial charge in [0.15, 0.2) is 0 Å². The Balaban J connectivity index is 2.65. The molecule has 1 rings (SSSR count). The highest BCUT2D eigenvalue weighted by Gasteiger charge is 2.31. The van der Waals surface area contributed by atoms with Crippen molar-refractivity contribution in [2.24, 2.45) is 11.3 Å². The zero-order chi connectivity index (χ0) is 9.19. The molecule has 0 radical (unpaired) electrons. The molecular formula is C11H17Br. The van der Waals surface area contributed by atoms with Crippen molar-refractivity contribution in [1.29, 1.82) is 0 Å². The van der Waals surface area contributed by atoms with E-state index < -0.39 is 0 Å². The molecule has 0 saturated heterocycles. The first kappa shape index (κ1) is 10.1. The largest absolute Gasteiger partial charge is 0.133 e. The van der Waals surface area contributed by atoms with Crippen molar-refractivity contribution >= 4 is 15.9 Å². The maximum atomic E-state index is 3.71. The molecule has 12 heavy (non-hydrogen) atoms. The van der Waals surface area contributed by atoms with E-state index in [9.17, 15) is 0 Å². The van der Waals surface area contributed by atoms with Crippen LogP contribution in [0.2, 0.25) is 0 Å². The zero-order valence-electron chi connectivity index (χ0n) is 7.94. The molecule has 0 nitrogen and oxygen atoms in total. The Labute approximate surface area is 83.9 Å². The third kappa shape index (κ3) is 2.50. The molecule has 0 aromatic rings. The second-order valence-corrected chi connectivity index (χ2v) is 5.63. The van der Waals surface area contributed by atoms with Crippen molar-refractivity contribution in [3.8, 4) is 0 Å². The minimum Gasteiger partial charge on any atom is -0.133 e. The summed E-state index contributed by atoms with van der Waals surface area (Å²) in [6.07, 6.45) is 5.96. The van der Waals surface area contributed by atoms with Crippen LogP contribution >= 0.6 is 15.9 Å². The number of allylic oxidation sites excluding steroid dienone is 1. The molecular weight excluding hydrogens is 212 g/mol. The van der Waals surface area contributed by atoms with E-state index in [2.05, 4.69) is 48.2 Å². The Bertz CT molecular complexity index is 199. The summed E-state index contributed by atoms with van der Waals surface area (Å²) in [6.45, 7) is 8.32. The van der Waals surface area contributed by atoms with Crippen LogP contribution in [0.1, 0.15) is 33.1 Å². The van der Waals surface area contributed by atoms with Gasteiger partial charge in [-0.2, -0.15) is 0 Å². The van der Waals surface area contributed by atoms with Crippen LogP contribution < -0.4 is 0 Å². The van der Waals surface area contributed by atoms with Gasteiger partial charge in [0.05, 0.1) is 0 Å². The lowest BCUT2D eigenvalue weighted by molar-refractivity contribution is 0.214. The second kappa shape index (κ2) is 3.81. The van der Waals surface area contributed by atoms with Crippen molar-refractivity contribution in [2.45, 2.75) is 37.9 Å². The summed E-state index contributed by atoms with van der Waals surface area (Å²) in [5.74, 6) is 0.631. The standard InChI is InChI=1S/C11H17Br/c1-4-5-9-8-11(2,3)7-6-10(9)12/h5,9-10H,1,6-8H2,2-3H3. The van der Waals surface area contributed by atoms with Gasteiger partial charge in [-0.1, -0.05) is 36.4 Å². The monoisotopic (exact) mass is 228 g/mol. The number of hydrogen-bond acceptors (Lipinski definition) is 0. The summed E-state index contributed by atoms with van der Waals surface area (Å²) in [6, 6.07) is 0. The summed E-state index contributed by atoms with van der Waals surface area (Å²) in [5, 5.41) is 0. The zero-order valence-corrected chi connectivity index (χ0v) is 9.52. The van der Waals surface area contributed by atoms with Crippen LogP contribution in [0.25, 0.3) is 0 Å². The summed E-state index contributed by atoms with van der Waals surface area (Å²) >= 11 is 3.71. The van der Waals surface area contributed by atoms with Gasteiger partial charge < -0.3 is 0 Å². The van der Waals surface area contributed by atoms with Gasteiger partial charge in [-0.25, -0.2) is 0 Å². The van der Waals surface area contributed by atoms with Crippen molar-refractivity contribution in [1.82, 2.24) is 0 Å². The van der Waals surface area contributed by atoms with Crippen molar-refractivity contribution < 1.29 is 0 Å².